The first-order chi connectivity index (χ1) is 8.11. The lowest BCUT2D eigenvalue weighted by Crippen LogP contribution is -1.91. The highest BCUT2D eigenvalue weighted by molar-refractivity contribution is 9.10. The van der Waals surface area contributed by atoms with E-state index in [0.717, 1.165) is 21.3 Å². The van der Waals surface area contributed by atoms with Crippen molar-refractivity contribution < 1.29 is 0 Å². The van der Waals surface area contributed by atoms with Crippen LogP contribution in [0, 0.1) is 0 Å². The number of halogens is 3. The summed E-state index contributed by atoms with van der Waals surface area (Å²) in [5.74, 6) is 0. The van der Waals surface area contributed by atoms with Gasteiger partial charge in [-0.3, -0.25) is 0 Å². The van der Waals surface area contributed by atoms with Crippen molar-refractivity contribution in [1.29, 1.82) is 0 Å². The number of alkyl halides is 1. The quantitative estimate of drug-likeness (QED) is 0.591. The van der Waals surface area contributed by atoms with E-state index < -0.39 is 0 Å². The molecule has 0 saturated carbocycles. The van der Waals surface area contributed by atoms with Gasteiger partial charge in [-0.25, -0.2) is 0 Å². The maximum absolute atomic E-state index is 6.50. The average Bonchev–Trinajstić information content (AvgIpc) is 2.80. The normalized spacial score (nSPS) is 12.7. The van der Waals surface area contributed by atoms with E-state index in [1.807, 2.05) is 18.2 Å². The summed E-state index contributed by atoms with van der Waals surface area (Å²) in [5, 5.41) is 0.564. The van der Waals surface area contributed by atoms with Gasteiger partial charge < -0.3 is 0 Å². The summed E-state index contributed by atoms with van der Waals surface area (Å²) < 4.78 is 0.994. The van der Waals surface area contributed by atoms with E-state index in [-0.39, 0.29) is 5.38 Å². The molecule has 1 atom stereocenters. The molecule has 0 fully saturated rings. The number of hydrogen-bond acceptors (Lipinski definition) is 1. The van der Waals surface area contributed by atoms with Crippen LogP contribution in [-0.4, -0.2) is 0 Å². The Morgan fingerprint density at radius 3 is 2.71 bits per heavy atom. The third-order valence-corrected chi connectivity index (χ3v) is 5.36. The van der Waals surface area contributed by atoms with Crippen LogP contribution in [0.1, 0.15) is 27.6 Å². The van der Waals surface area contributed by atoms with Gasteiger partial charge in [0.25, 0.3) is 0 Å². The maximum Gasteiger partial charge on any atom is 0.0939 e. The molecule has 4 heteroatoms. The van der Waals surface area contributed by atoms with Crippen molar-refractivity contribution >= 4 is 50.5 Å². The van der Waals surface area contributed by atoms with Crippen molar-refractivity contribution in [3.8, 4) is 0 Å². The van der Waals surface area contributed by atoms with Crippen LogP contribution >= 0.6 is 50.5 Å². The van der Waals surface area contributed by atoms with Gasteiger partial charge in [-0.1, -0.05) is 34.5 Å². The summed E-state index contributed by atoms with van der Waals surface area (Å²) in [4.78, 5) is 2.51. The fourth-order valence-corrected chi connectivity index (χ4v) is 3.71. The van der Waals surface area contributed by atoms with Crippen LogP contribution in [0.25, 0.3) is 0 Å². The Labute approximate surface area is 124 Å². The molecular weight excluding hydrogens is 339 g/mol. The molecule has 1 unspecified atom stereocenters. The third kappa shape index (κ3) is 3.05. The lowest BCUT2D eigenvalue weighted by molar-refractivity contribution is 1.17. The van der Waals surface area contributed by atoms with E-state index in [0.29, 0.717) is 5.02 Å². The number of hydrogen-bond donors (Lipinski definition) is 0. The Kier molecular flexibility index (Phi) is 4.53. The molecule has 2 aromatic rings. The van der Waals surface area contributed by atoms with Crippen molar-refractivity contribution in [1.82, 2.24) is 0 Å². The summed E-state index contributed by atoms with van der Waals surface area (Å²) in [6.45, 7) is 2.15. The van der Waals surface area contributed by atoms with Gasteiger partial charge in [0.2, 0.25) is 0 Å². The molecule has 2 rings (SSSR count). The van der Waals surface area contributed by atoms with Gasteiger partial charge in [-0.2, -0.15) is 0 Å². The highest BCUT2D eigenvalue weighted by Crippen LogP contribution is 2.38. The lowest BCUT2D eigenvalue weighted by atomic mass is 10.1. The molecule has 0 saturated heterocycles. The molecule has 1 aromatic carbocycles. The predicted molar refractivity (Wildman–Crippen MR) is 80.5 cm³/mol. The highest BCUT2D eigenvalue weighted by Gasteiger charge is 2.16. The molecule has 1 heterocycles. The summed E-state index contributed by atoms with van der Waals surface area (Å²) >= 11 is 17.8. The Bertz CT molecular complexity index is 522. The van der Waals surface area contributed by atoms with Crippen LogP contribution in [0.5, 0.6) is 0 Å². The average molecular weight is 350 g/mol. The van der Waals surface area contributed by atoms with Gasteiger partial charge in [-0.05, 0) is 42.3 Å². The molecule has 0 aliphatic heterocycles. The molecule has 0 nitrogen and oxygen atoms in total. The molecule has 0 bridgehead atoms. The maximum atomic E-state index is 6.50. The zero-order chi connectivity index (χ0) is 12.4. The first-order valence-electron chi connectivity index (χ1n) is 5.29. The van der Waals surface area contributed by atoms with E-state index in [4.69, 9.17) is 23.2 Å². The van der Waals surface area contributed by atoms with Crippen molar-refractivity contribution in [2.45, 2.75) is 18.7 Å². The topological polar surface area (TPSA) is 0 Å². The molecule has 0 radical (unpaired) electrons. The number of thiophene rings is 1. The van der Waals surface area contributed by atoms with E-state index in [9.17, 15) is 0 Å². The van der Waals surface area contributed by atoms with E-state index in [1.54, 1.807) is 11.3 Å². The summed E-state index contributed by atoms with van der Waals surface area (Å²) in [6, 6.07) is 9.92. The molecule has 17 heavy (non-hydrogen) atoms. The summed E-state index contributed by atoms with van der Waals surface area (Å²) in [7, 11) is 0. The van der Waals surface area contributed by atoms with Crippen LogP contribution in [0.2, 0.25) is 5.02 Å². The van der Waals surface area contributed by atoms with Crippen molar-refractivity contribution in [3.05, 3.63) is 55.1 Å². The minimum atomic E-state index is -0.145. The lowest BCUT2D eigenvalue weighted by Gasteiger charge is -2.10. The van der Waals surface area contributed by atoms with Crippen LogP contribution in [0.15, 0.2) is 34.8 Å². The fraction of sp³-hybridized carbons (Fsp3) is 0.231. The third-order valence-electron chi connectivity index (χ3n) is 2.51. The molecule has 0 aliphatic rings. The van der Waals surface area contributed by atoms with Gasteiger partial charge >= 0.3 is 0 Å². The molecule has 90 valence electrons. The summed E-state index contributed by atoms with van der Waals surface area (Å²) in [5.41, 5.74) is 1.02. The first kappa shape index (κ1) is 13.4. The fourth-order valence-electron chi connectivity index (χ4n) is 1.58. The van der Waals surface area contributed by atoms with Crippen LogP contribution < -0.4 is 0 Å². The second kappa shape index (κ2) is 5.75. The van der Waals surface area contributed by atoms with Gasteiger partial charge in [0.05, 0.1) is 5.38 Å². The minimum absolute atomic E-state index is 0.145. The van der Waals surface area contributed by atoms with Crippen LogP contribution in [-0.2, 0) is 6.42 Å². The number of aryl methyl sites for hydroxylation is 1. The van der Waals surface area contributed by atoms with Crippen molar-refractivity contribution in [2.24, 2.45) is 0 Å². The van der Waals surface area contributed by atoms with Gasteiger partial charge in [-0.15, -0.1) is 22.9 Å². The molecule has 0 amide bonds. The summed E-state index contributed by atoms with van der Waals surface area (Å²) in [6.07, 6.45) is 1.05. The SMILES string of the molecule is CCc1ccc(C(Cl)c2cc(Cl)ccc2Br)s1. The Balaban J connectivity index is 2.35. The van der Waals surface area contributed by atoms with Gasteiger partial charge in [0.15, 0.2) is 0 Å². The second-order valence-electron chi connectivity index (χ2n) is 3.69. The first-order valence-corrected chi connectivity index (χ1v) is 7.72. The minimum Gasteiger partial charge on any atom is -0.143 e. The molecule has 0 spiro atoms. The second-order valence-corrected chi connectivity index (χ2v) is 6.61. The predicted octanol–water partition coefficient (Wildman–Crippen LogP) is 6.05. The smallest absolute Gasteiger partial charge is 0.0939 e. The van der Waals surface area contributed by atoms with Crippen molar-refractivity contribution in [3.63, 3.8) is 0 Å². The van der Waals surface area contributed by atoms with E-state index >= 15 is 0 Å². The number of benzene rings is 1. The Morgan fingerprint density at radius 1 is 1.29 bits per heavy atom. The number of rotatable bonds is 3. The monoisotopic (exact) mass is 348 g/mol. The molecule has 0 N–H and O–H groups in total. The van der Waals surface area contributed by atoms with Gasteiger partial charge in [0.1, 0.15) is 0 Å². The highest BCUT2D eigenvalue weighted by atomic mass is 79.9. The van der Waals surface area contributed by atoms with E-state index in [1.165, 1.54) is 4.88 Å². The zero-order valence-corrected chi connectivity index (χ0v) is 13.1. The largest absolute Gasteiger partial charge is 0.143 e. The Hall–Kier alpha value is -0.0200. The van der Waals surface area contributed by atoms with E-state index in [2.05, 4.69) is 35.0 Å². The molecular formula is C13H11BrCl2S. The standard InChI is InChI=1S/C13H11BrCl2S/c1-2-9-4-6-12(17-9)13(16)10-7-8(15)3-5-11(10)14/h3-7,13H,2H2,1H3. The molecule has 0 aliphatic carbocycles. The van der Waals surface area contributed by atoms with Gasteiger partial charge in [0, 0.05) is 19.2 Å². The van der Waals surface area contributed by atoms with Crippen LogP contribution in [0.3, 0.4) is 0 Å². The van der Waals surface area contributed by atoms with Crippen LogP contribution in [0.4, 0.5) is 0 Å². The van der Waals surface area contributed by atoms with Crippen molar-refractivity contribution in [2.75, 3.05) is 0 Å². The zero-order valence-electron chi connectivity index (χ0n) is 9.21. The molecule has 1 aromatic heterocycles. The Morgan fingerprint density at radius 2 is 2.06 bits per heavy atom.